The Labute approximate surface area is 87.2 Å². The molecular weight excluding hydrogens is 230 g/mol. The summed E-state index contributed by atoms with van der Waals surface area (Å²) in [6.45, 7) is 2.00. The lowest BCUT2D eigenvalue weighted by Gasteiger charge is -2.02. The molecule has 2 nitrogen and oxygen atoms in total. The van der Waals surface area contributed by atoms with Gasteiger partial charge in [0.2, 0.25) is 0 Å². The highest BCUT2D eigenvalue weighted by molar-refractivity contribution is 9.10. The fourth-order valence-electron chi connectivity index (χ4n) is 1.03. The zero-order valence-corrected chi connectivity index (χ0v) is 9.09. The van der Waals surface area contributed by atoms with Crippen molar-refractivity contribution in [1.82, 2.24) is 0 Å². The van der Waals surface area contributed by atoms with Gasteiger partial charge in [-0.2, -0.15) is 0 Å². The Morgan fingerprint density at radius 1 is 1.15 bits per heavy atom. The molecule has 2 N–H and O–H groups in total. The summed E-state index contributed by atoms with van der Waals surface area (Å²) in [7, 11) is 0. The van der Waals surface area contributed by atoms with Crippen molar-refractivity contribution in [1.29, 1.82) is 0 Å². The Morgan fingerprint density at radius 2 is 1.85 bits per heavy atom. The van der Waals surface area contributed by atoms with Crippen LogP contribution in [0.25, 0.3) is 0 Å². The maximum atomic E-state index is 5.30. The molecule has 0 saturated heterocycles. The van der Waals surface area contributed by atoms with Gasteiger partial charge in [-0.3, -0.25) is 0 Å². The lowest BCUT2D eigenvalue weighted by molar-refractivity contribution is 0.145. The molecule has 0 fully saturated rings. The maximum Gasteiger partial charge on any atom is 0.0588 e. The molecule has 72 valence electrons. The first-order valence-electron chi connectivity index (χ1n) is 4.35. The van der Waals surface area contributed by atoms with Crippen LogP contribution in [0.4, 0.5) is 0 Å². The molecule has 0 radical (unpaired) electrons. The van der Waals surface area contributed by atoms with E-state index in [1.165, 1.54) is 5.56 Å². The number of benzene rings is 1. The Bertz CT molecular complexity index is 235. The standard InChI is InChI=1S/C10H14BrNO/c11-10-3-1-9(2-4-10)5-7-13-8-6-12/h1-4H,5-8,12H2. The Kier molecular flexibility index (Phi) is 5.05. The second-order valence-electron chi connectivity index (χ2n) is 2.78. The minimum Gasteiger partial charge on any atom is -0.380 e. The maximum absolute atomic E-state index is 5.30. The minimum absolute atomic E-state index is 0.598. The first-order chi connectivity index (χ1) is 6.33. The molecule has 0 unspecified atom stereocenters. The molecule has 0 amide bonds. The molecule has 0 aliphatic rings. The van der Waals surface area contributed by atoms with Crippen LogP contribution in [0.5, 0.6) is 0 Å². The van der Waals surface area contributed by atoms with Crippen LogP contribution in [0.15, 0.2) is 28.7 Å². The van der Waals surface area contributed by atoms with Crippen LogP contribution in [0.1, 0.15) is 5.56 Å². The van der Waals surface area contributed by atoms with Crippen LogP contribution in [-0.2, 0) is 11.2 Å². The first-order valence-corrected chi connectivity index (χ1v) is 5.14. The molecule has 0 saturated carbocycles. The summed E-state index contributed by atoms with van der Waals surface area (Å²) in [6.07, 6.45) is 0.952. The predicted octanol–water partition coefficient (Wildman–Crippen LogP) is 1.97. The molecule has 0 heterocycles. The summed E-state index contributed by atoms with van der Waals surface area (Å²) in [6, 6.07) is 8.27. The van der Waals surface area contributed by atoms with E-state index in [0.717, 1.165) is 17.5 Å². The van der Waals surface area contributed by atoms with E-state index in [1.54, 1.807) is 0 Å². The Balaban J connectivity index is 2.25. The topological polar surface area (TPSA) is 35.2 Å². The van der Waals surface area contributed by atoms with E-state index in [4.69, 9.17) is 10.5 Å². The summed E-state index contributed by atoms with van der Waals surface area (Å²) in [5, 5.41) is 0. The minimum atomic E-state index is 0.598. The average molecular weight is 244 g/mol. The van der Waals surface area contributed by atoms with Gasteiger partial charge in [-0.25, -0.2) is 0 Å². The third-order valence-electron chi connectivity index (χ3n) is 1.71. The second-order valence-corrected chi connectivity index (χ2v) is 3.69. The predicted molar refractivity (Wildman–Crippen MR) is 57.7 cm³/mol. The zero-order chi connectivity index (χ0) is 9.52. The molecule has 1 aromatic rings. The van der Waals surface area contributed by atoms with Crippen molar-refractivity contribution in [2.24, 2.45) is 5.73 Å². The van der Waals surface area contributed by atoms with Gasteiger partial charge in [0.25, 0.3) is 0 Å². The molecule has 1 rings (SSSR count). The highest BCUT2D eigenvalue weighted by Gasteiger charge is 1.92. The van der Waals surface area contributed by atoms with Crippen molar-refractivity contribution in [3.8, 4) is 0 Å². The van der Waals surface area contributed by atoms with Crippen LogP contribution < -0.4 is 5.73 Å². The van der Waals surface area contributed by atoms with Gasteiger partial charge >= 0.3 is 0 Å². The number of ether oxygens (including phenoxy) is 1. The van der Waals surface area contributed by atoms with Gasteiger partial charge in [0.1, 0.15) is 0 Å². The van der Waals surface area contributed by atoms with E-state index in [0.29, 0.717) is 13.2 Å². The fraction of sp³-hybridized carbons (Fsp3) is 0.400. The Morgan fingerprint density at radius 3 is 2.46 bits per heavy atom. The number of rotatable bonds is 5. The SMILES string of the molecule is NCCOCCc1ccc(Br)cc1. The summed E-state index contributed by atoms with van der Waals surface area (Å²) in [5.41, 5.74) is 6.59. The monoisotopic (exact) mass is 243 g/mol. The fourth-order valence-corrected chi connectivity index (χ4v) is 1.29. The van der Waals surface area contributed by atoms with Crippen LogP contribution >= 0.6 is 15.9 Å². The van der Waals surface area contributed by atoms with Gasteiger partial charge in [-0.15, -0.1) is 0 Å². The number of nitrogens with two attached hydrogens (primary N) is 1. The average Bonchev–Trinajstić information content (AvgIpc) is 2.15. The van der Waals surface area contributed by atoms with Crippen molar-refractivity contribution in [2.45, 2.75) is 6.42 Å². The second kappa shape index (κ2) is 6.13. The van der Waals surface area contributed by atoms with Gasteiger partial charge in [-0.05, 0) is 24.1 Å². The van der Waals surface area contributed by atoms with Gasteiger partial charge in [0.05, 0.1) is 13.2 Å². The summed E-state index contributed by atoms with van der Waals surface area (Å²) < 4.78 is 6.39. The van der Waals surface area contributed by atoms with Gasteiger partial charge in [0.15, 0.2) is 0 Å². The number of hydrogen-bond acceptors (Lipinski definition) is 2. The largest absolute Gasteiger partial charge is 0.380 e. The van der Waals surface area contributed by atoms with Gasteiger partial charge < -0.3 is 10.5 Å². The molecule has 1 aromatic carbocycles. The van der Waals surface area contributed by atoms with Gasteiger partial charge in [-0.1, -0.05) is 28.1 Å². The lowest BCUT2D eigenvalue weighted by atomic mass is 10.2. The van der Waals surface area contributed by atoms with Crippen LogP contribution in [0, 0.1) is 0 Å². The van der Waals surface area contributed by atoms with Gasteiger partial charge in [0, 0.05) is 11.0 Å². The van der Waals surface area contributed by atoms with E-state index in [-0.39, 0.29) is 0 Å². The number of halogens is 1. The quantitative estimate of drug-likeness (QED) is 0.803. The summed E-state index contributed by atoms with van der Waals surface area (Å²) >= 11 is 3.39. The van der Waals surface area contributed by atoms with Crippen molar-refractivity contribution in [2.75, 3.05) is 19.8 Å². The number of hydrogen-bond donors (Lipinski definition) is 1. The van der Waals surface area contributed by atoms with Crippen LogP contribution in [0.3, 0.4) is 0 Å². The third-order valence-corrected chi connectivity index (χ3v) is 2.24. The van der Waals surface area contributed by atoms with E-state index in [2.05, 4.69) is 28.1 Å². The van der Waals surface area contributed by atoms with Crippen molar-refractivity contribution in [3.63, 3.8) is 0 Å². The van der Waals surface area contributed by atoms with Crippen LogP contribution in [0.2, 0.25) is 0 Å². The molecule has 0 aliphatic heterocycles. The van der Waals surface area contributed by atoms with Crippen molar-refractivity contribution in [3.05, 3.63) is 34.3 Å². The molecular formula is C10H14BrNO. The van der Waals surface area contributed by atoms with E-state index >= 15 is 0 Å². The lowest BCUT2D eigenvalue weighted by Crippen LogP contribution is -2.09. The Hall–Kier alpha value is -0.380. The van der Waals surface area contributed by atoms with E-state index in [1.807, 2.05) is 12.1 Å². The molecule has 0 bridgehead atoms. The molecule has 0 atom stereocenters. The first kappa shape index (κ1) is 10.7. The molecule has 0 aromatic heterocycles. The van der Waals surface area contributed by atoms with E-state index < -0.39 is 0 Å². The smallest absolute Gasteiger partial charge is 0.0588 e. The van der Waals surface area contributed by atoms with Crippen molar-refractivity contribution >= 4 is 15.9 Å². The normalized spacial score (nSPS) is 10.3. The highest BCUT2D eigenvalue weighted by atomic mass is 79.9. The molecule has 0 aliphatic carbocycles. The molecule has 3 heteroatoms. The molecule has 13 heavy (non-hydrogen) atoms. The van der Waals surface area contributed by atoms with Crippen LogP contribution in [-0.4, -0.2) is 19.8 Å². The third kappa shape index (κ3) is 4.41. The summed E-state index contributed by atoms with van der Waals surface area (Å²) in [5.74, 6) is 0. The highest BCUT2D eigenvalue weighted by Crippen LogP contribution is 2.10. The van der Waals surface area contributed by atoms with E-state index in [9.17, 15) is 0 Å². The summed E-state index contributed by atoms with van der Waals surface area (Å²) in [4.78, 5) is 0. The zero-order valence-electron chi connectivity index (χ0n) is 7.50. The molecule has 0 spiro atoms. The van der Waals surface area contributed by atoms with Crippen molar-refractivity contribution < 1.29 is 4.74 Å².